The van der Waals surface area contributed by atoms with Gasteiger partial charge in [0.2, 0.25) is 0 Å². The second-order valence-corrected chi connectivity index (χ2v) is 15.1. The fourth-order valence-electron chi connectivity index (χ4n) is 7.71. The van der Waals surface area contributed by atoms with E-state index in [-0.39, 0.29) is 6.42 Å². The molecule has 2 N–H and O–H groups in total. The molecule has 4 aliphatic rings. The maximum Gasteiger partial charge on any atom is 0.303 e. The van der Waals surface area contributed by atoms with Gasteiger partial charge >= 0.3 is 5.97 Å². The topological polar surface area (TPSA) is 95.8 Å². The molecule has 4 aromatic carbocycles. The summed E-state index contributed by atoms with van der Waals surface area (Å²) >= 11 is 0. The molecule has 56 heavy (non-hydrogen) atoms. The molecule has 8 nitrogen and oxygen atoms in total. The minimum absolute atomic E-state index is 0.236. The van der Waals surface area contributed by atoms with Crippen LogP contribution in [0.25, 0.3) is 0 Å². The number of ether oxygens (including phenoxy) is 2. The smallest absolute Gasteiger partial charge is 0.303 e. The van der Waals surface area contributed by atoms with Crippen molar-refractivity contribution >= 4 is 17.4 Å². The predicted octanol–water partition coefficient (Wildman–Crippen LogP) is 8.81. The van der Waals surface area contributed by atoms with E-state index in [9.17, 15) is 4.79 Å². The van der Waals surface area contributed by atoms with E-state index in [2.05, 4.69) is 117 Å². The van der Waals surface area contributed by atoms with Gasteiger partial charge in [-0.25, -0.2) is 0 Å². The first kappa shape index (κ1) is 38.9. The van der Waals surface area contributed by atoms with Crippen LogP contribution in [0.1, 0.15) is 84.7 Å². The summed E-state index contributed by atoms with van der Waals surface area (Å²) in [5.41, 5.74) is 9.88. The Morgan fingerprint density at radius 1 is 0.679 bits per heavy atom. The van der Waals surface area contributed by atoms with E-state index in [4.69, 9.17) is 14.6 Å². The summed E-state index contributed by atoms with van der Waals surface area (Å²) in [5, 5.41) is 12.3. The summed E-state index contributed by atoms with van der Waals surface area (Å²) in [6.45, 7) is 4.42. The molecule has 0 bridgehead atoms. The van der Waals surface area contributed by atoms with Crippen LogP contribution in [0.2, 0.25) is 0 Å². The molecule has 0 aliphatic carbocycles. The molecule has 8 heteroatoms. The van der Waals surface area contributed by atoms with Crippen molar-refractivity contribution in [2.45, 2.75) is 76.3 Å². The van der Waals surface area contributed by atoms with Crippen LogP contribution in [0, 0.1) is 0 Å². The van der Waals surface area contributed by atoms with Crippen LogP contribution in [-0.4, -0.2) is 72.3 Å². The number of carboxylic acid groups (broad SMARTS) is 1. The van der Waals surface area contributed by atoms with E-state index in [0.29, 0.717) is 25.1 Å². The third kappa shape index (κ3) is 11.6. The van der Waals surface area contributed by atoms with E-state index in [1.807, 2.05) is 24.5 Å². The highest BCUT2D eigenvalue weighted by atomic mass is 16.5. The summed E-state index contributed by atoms with van der Waals surface area (Å²) in [6, 6.07) is 35.2. The van der Waals surface area contributed by atoms with Gasteiger partial charge in [0.25, 0.3) is 0 Å². The van der Waals surface area contributed by atoms with E-state index in [1.165, 1.54) is 46.2 Å². The first-order valence-electron chi connectivity index (χ1n) is 20.3. The third-order valence-corrected chi connectivity index (χ3v) is 10.9. The van der Waals surface area contributed by atoms with Crippen molar-refractivity contribution in [3.8, 4) is 11.5 Å². The lowest BCUT2D eigenvalue weighted by atomic mass is 10.0. The Kier molecular flexibility index (Phi) is 13.9. The quantitative estimate of drug-likeness (QED) is 0.119. The molecule has 0 aromatic heterocycles. The highest BCUT2D eigenvalue weighted by Crippen LogP contribution is 2.22. The van der Waals surface area contributed by atoms with Crippen LogP contribution in [-0.2, 0) is 17.6 Å². The molecule has 4 aromatic rings. The van der Waals surface area contributed by atoms with Crippen LogP contribution in [0.3, 0.4) is 0 Å². The first-order chi connectivity index (χ1) is 27.5. The molecule has 0 saturated carbocycles. The zero-order chi connectivity index (χ0) is 38.4. The van der Waals surface area contributed by atoms with Crippen molar-refractivity contribution in [3.63, 3.8) is 0 Å². The fourth-order valence-corrected chi connectivity index (χ4v) is 7.71. The van der Waals surface area contributed by atoms with Gasteiger partial charge in [-0.2, -0.15) is 0 Å². The molecule has 2 fully saturated rings. The standard InChI is InChI=1S/C26H30N2O3.C22H24N2O/c29-26(30)6-3-17-28-16-2-4-23(28)19-31-24-13-9-21(10-14-24)18-20-7-11-22(12-8-20)25-5-1-15-27-25;1-3-20(23-13-1)16-25-21-11-7-18(8-12-21)15-17-5-9-19(10-6-17)22-4-2-14-24-22/h1,7-15,23H,2-6,16-19H2,(H,29,30);2,5-12,14,20,23H,1,3-4,13,15-16H2. The number of nitrogens with zero attached hydrogens (tertiary/aromatic N) is 3. The lowest BCUT2D eigenvalue weighted by molar-refractivity contribution is -0.137. The van der Waals surface area contributed by atoms with Crippen LogP contribution in [0.15, 0.2) is 132 Å². The van der Waals surface area contributed by atoms with Crippen molar-refractivity contribution in [1.82, 2.24) is 10.2 Å². The molecule has 2 saturated heterocycles. The maximum atomic E-state index is 10.7. The maximum absolute atomic E-state index is 10.7. The third-order valence-electron chi connectivity index (χ3n) is 10.9. The lowest BCUT2D eigenvalue weighted by Gasteiger charge is -2.24. The Morgan fingerprint density at radius 2 is 1.20 bits per heavy atom. The minimum Gasteiger partial charge on any atom is -0.492 e. The van der Waals surface area contributed by atoms with Crippen molar-refractivity contribution in [2.24, 2.45) is 9.98 Å². The molecule has 4 aliphatic heterocycles. The zero-order valence-corrected chi connectivity index (χ0v) is 32.3. The fraction of sp³-hybridized carbons (Fsp3) is 0.354. The van der Waals surface area contributed by atoms with Gasteiger partial charge in [-0.05, 0) is 122 Å². The van der Waals surface area contributed by atoms with E-state index >= 15 is 0 Å². The Hall–Kier alpha value is -5.31. The second kappa shape index (κ2) is 20.0. The van der Waals surface area contributed by atoms with Gasteiger partial charge in [0, 0.05) is 43.7 Å². The highest BCUT2D eigenvalue weighted by Gasteiger charge is 2.25. The Labute approximate surface area is 331 Å². The molecular formula is C48H54N4O4. The van der Waals surface area contributed by atoms with Crippen molar-refractivity contribution in [3.05, 3.63) is 155 Å². The number of benzene rings is 4. The predicted molar refractivity (Wildman–Crippen MR) is 225 cm³/mol. The van der Waals surface area contributed by atoms with Gasteiger partial charge in [-0.15, -0.1) is 0 Å². The second-order valence-electron chi connectivity index (χ2n) is 15.1. The van der Waals surface area contributed by atoms with Gasteiger partial charge in [0.05, 0.1) is 11.4 Å². The Morgan fingerprint density at radius 3 is 1.66 bits per heavy atom. The molecule has 8 rings (SSSR count). The van der Waals surface area contributed by atoms with Gasteiger partial charge in [0.15, 0.2) is 0 Å². The molecule has 0 amide bonds. The van der Waals surface area contributed by atoms with Crippen LogP contribution >= 0.6 is 0 Å². The number of aliphatic carboxylic acids is 1. The highest BCUT2D eigenvalue weighted by molar-refractivity contribution is 6.03. The lowest BCUT2D eigenvalue weighted by Crippen LogP contribution is -2.35. The van der Waals surface area contributed by atoms with E-state index in [1.54, 1.807) is 0 Å². The summed E-state index contributed by atoms with van der Waals surface area (Å²) < 4.78 is 11.9. The summed E-state index contributed by atoms with van der Waals surface area (Å²) in [6.07, 6.45) is 17.3. The number of allylic oxidation sites excluding steroid dienone is 2. The van der Waals surface area contributed by atoms with Gasteiger partial charge < -0.3 is 19.9 Å². The molecular weight excluding hydrogens is 697 g/mol. The Balaban J connectivity index is 0.000000175. The van der Waals surface area contributed by atoms with Crippen molar-refractivity contribution in [2.75, 3.05) is 32.8 Å². The summed E-state index contributed by atoms with van der Waals surface area (Å²) in [7, 11) is 0. The molecule has 0 spiro atoms. The number of aliphatic imine (C=N–C) groups is 2. The first-order valence-corrected chi connectivity index (χ1v) is 20.3. The Bertz CT molecular complexity index is 1980. The zero-order valence-electron chi connectivity index (χ0n) is 32.3. The monoisotopic (exact) mass is 750 g/mol. The molecule has 0 radical (unpaired) electrons. The van der Waals surface area contributed by atoms with Crippen LogP contribution < -0.4 is 14.8 Å². The largest absolute Gasteiger partial charge is 0.492 e. The van der Waals surface area contributed by atoms with Gasteiger partial charge in [-0.1, -0.05) is 84.9 Å². The van der Waals surface area contributed by atoms with Gasteiger partial charge in [-0.3, -0.25) is 19.7 Å². The molecule has 2 unspecified atom stereocenters. The van der Waals surface area contributed by atoms with Crippen molar-refractivity contribution in [1.29, 1.82) is 0 Å². The average Bonchev–Trinajstić information content (AvgIpc) is 4.08. The number of carbonyl (C=O) groups is 1. The van der Waals surface area contributed by atoms with E-state index in [0.717, 1.165) is 87.7 Å². The van der Waals surface area contributed by atoms with E-state index < -0.39 is 5.97 Å². The molecule has 4 heterocycles. The van der Waals surface area contributed by atoms with Crippen molar-refractivity contribution < 1.29 is 19.4 Å². The summed E-state index contributed by atoms with van der Waals surface area (Å²) in [5.74, 6) is 1.13. The minimum atomic E-state index is -0.719. The normalized spacial score (nSPS) is 18.7. The number of nitrogens with one attached hydrogen (secondary N) is 1. The van der Waals surface area contributed by atoms with Crippen LogP contribution in [0.5, 0.6) is 11.5 Å². The van der Waals surface area contributed by atoms with Crippen LogP contribution in [0.4, 0.5) is 0 Å². The molecule has 290 valence electrons. The number of hydrogen-bond acceptors (Lipinski definition) is 7. The number of likely N-dealkylation sites (tertiary alicyclic amines) is 1. The SMILES string of the molecule is C1=CN=C(c2ccc(Cc3ccc(OCC4CCCN4)cc3)cc2)C1.O=C(O)CCCN1CCCC1COc1ccc(Cc2ccc(C3=NC=CC3)cc2)cc1. The number of rotatable bonds is 16. The van der Waals surface area contributed by atoms with Gasteiger partial charge in [0.1, 0.15) is 24.7 Å². The average molecular weight is 751 g/mol. The molecule has 2 atom stereocenters. The number of carboxylic acids is 1. The number of hydrogen-bond donors (Lipinski definition) is 2. The summed E-state index contributed by atoms with van der Waals surface area (Å²) in [4.78, 5) is 21.9.